The van der Waals surface area contributed by atoms with Crippen molar-refractivity contribution in [3.8, 4) is 0 Å². The van der Waals surface area contributed by atoms with E-state index in [2.05, 4.69) is 14.3 Å². The van der Waals surface area contributed by atoms with E-state index in [0.717, 1.165) is 50.6 Å². The van der Waals surface area contributed by atoms with Crippen LogP contribution in [0.25, 0.3) is 0 Å². The number of nitrogens with zero attached hydrogens (tertiary/aromatic N) is 1. The van der Waals surface area contributed by atoms with E-state index in [0.29, 0.717) is 0 Å². The van der Waals surface area contributed by atoms with Gasteiger partial charge in [-0.2, -0.15) is 4.33 Å². The molecule has 0 aromatic heterocycles. The van der Waals surface area contributed by atoms with Crippen LogP contribution >= 0.6 is 12.0 Å². The normalized spacial score (nSPS) is 19.8. The molecule has 0 spiro atoms. The smallest absolute Gasteiger partial charge is 0.0594 e. The van der Waals surface area contributed by atoms with Gasteiger partial charge in [0.05, 0.1) is 13.2 Å². The fraction of sp³-hybridized carbons (Fsp3) is 1.00. The third kappa shape index (κ3) is 4.24. The maximum absolute atomic E-state index is 9.40. The van der Waals surface area contributed by atoms with Crippen molar-refractivity contribution in [2.75, 3.05) is 38.6 Å². The first-order valence-corrected chi connectivity index (χ1v) is 4.73. The summed E-state index contributed by atoms with van der Waals surface area (Å²) in [7, 11) is 0. The van der Waals surface area contributed by atoms with Crippen molar-refractivity contribution < 1.29 is 19.4 Å². The Bertz CT molecular complexity index is 110. The highest BCUT2D eigenvalue weighted by Crippen LogP contribution is 2.03. The van der Waals surface area contributed by atoms with Crippen LogP contribution < -0.4 is 5.26 Å². The minimum absolute atomic E-state index is 0.738. The molecule has 6 heteroatoms. The zero-order valence-electron chi connectivity index (χ0n) is 6.73. The van der Waals surface area contributed by atoms with Gasteiger partial charge in [0.25, 0.3) is 0 Å². The molecular formula is C6H12NO4S-. The first-order chi connectivity index (χ1) is 5.93. The topological polar surface area (TPSA) is 54.0 Å². The minimum atomic E-state index is 0.738. The van der Waals surface area contributed by atoms with Gasteiger partial charge in [-0.3, -0.25) is 9.94 Å². The van der Waals surface area contributed by atoms with Crippen molar-refractivity contribution in [2.24, 2.45) is 0 Å². The summed E-state index contributed by atoms with van der Waals surface area (Å²) in [6, 6.07) is 0. The van der Waals surface area contributed by atoms with Crippen molar-refractivity contribution in [1.29, 1.82) is 0 Å². The third-order valence-corrected chi connectivity index (χ3v) is 2.17. The number of rotatable bonds is 5. The number of morpholine rings is 1. The van der Waals surface area contributed by atoms with Gasteiger partial charge in [0.2, 0.25) is 0 Å². The van der Waals surface area contributed by atoms with Crippen LogP contribution in [0.5, 0.6) is 0 Å². The summed E-state index contributed by atoms with van der Waals surface area (Å²) in [5.74, 6) is 0.738. The molecule has 0 saturated carbocycles. The van der Waals surface area contributed by atoms with Crippen molar-refractivity contribution in [1.82, 2.24) is 4.90 Å². The predicted molar refractivity (Wildman–Crippen MR) is 41.9 cm³/mol. The monoisotopic (exact) mass is 194 g/mol. The van der Waals surface area contributed by atoms with Crippen LogP contribution in [0.3, 0.4) is 0 Å². The highest BCUT2D eigenvalue weighted by atomic mass is 32.2. The standard InChI is InChI=1S/C6H13NO4S/c8-10-11-12-6-3-7-1-4-9-5-2-7/h8H,1-6H2/p-1. The van der Waals surface area contributed by atoms with Crippen LogP contribution in [0.4, 0.5) is 0 Å². The van der Waals surface area contributed by atoms with Gasteiger partial charge >= 0.3 is 0 Å². The van der Waals surface area contributed by atoms with Crippen molar-refractivity contribution in [2.45, 2.75) is 0 Å². The summed E-state index contributed by atoms with van der Waals surface area (Å²) in [5, 5.41) is 12.6. The predicted octanol–water partition coefficient (Wildman–Crippen LogP) is -0.810. The molecule has 1 heterocycles. The van der Waals surface area contributed by atoms with Crippen molar-refractivity contribution >= 4 is 12.0 Å². The van der Waals surface area contributed by atoms with E-state index in [4.69, 9.17) is 4.74 Å². The highest BCUT2D eigenvalue weighted by molar-refractivity contribution is 7.94. The second-order valence-corrected chi connectivity index (χ2v) is 3.19. The average molecular weight is 194 g/mol. The lowest BCUT2D eigenvalue weighted by Gasteiger charge is -2.25. The summed E-state index contributed by atoms with van der Waals surface area (Å²) in [5.41, 5.74) is 0. The fourth-order valence-electron chi connectivity index (χ4n) is 1.04. The molecule has 0 N–H and O–H groups in total. The summed E-state index contributed by atoms with van der Waals surface area (Å²) in [4.78, 5) is 2.25. The average Bonchev–Trinajstić information content (AvgIpc) is 2.14. The summed E-state index contributed by atoms with van der Waals surface area (Å²) in [6.45, 7) is 4.40. The molecule has 0 bridgehead atoms. The SMILES string of the molecule is [O-]OOSCCN1CCOCC1. The Kier molecular flexibility index (Phi) is 5.66. The fourth-order valence-corrected chi connectivity index (χ4v) is 1.48. The maximum atomic E-state index is 9.40. The molecule has 0 amide bonds. The molecule has 12 heavy (non-hydrogen) atoms. The van der Waals surface area contributed by atoms with Gasteiger partial charge in [-0.15, -0.1) is 0 Å². The zero-order chi connectivity index (χ0) is 8.65. The Hall–Kier alpha value is 0.150. The molecule has 1 saturated heterocycles. The van der Waals surface area contributed by atoms with E-state index < -0.39 is 0 Å². The van der Waals surface area contributed by atoms with Gasteiger partial charge in [-0.25, -0.2) is 0 Å². The quantitative estimate of drug-likeness (QED) is 0.247. The zero-order valence-corrected chi connectivity index (χ0v) is 7.55. The maximum Gasteiger partial charge on any atom is 0.0594 e. The van der Waals surface area contributed by atoms with E-state index in [1.54, 1.807) is 0 Å². The molecule has 1 rings (SSSR count). The molecule has 0 unspecified atom stereocenters. The van der Waals surface area contributed by atoms with E-state index >= 15 is 0 Å². The Labute approximate surface area is 75.6 Å². The van der Waals surface area contributed by atoms with E-state index in [-0.39, 0.29) is 0 Å². The summed E-state index contributed by atoms with van der Waals surface area (Å²) in [6.07, 6.45) is 0. The molecule has 0 radical (unpaired) electrons. The second-order valence-electron chi connectivity index (χ2n) is 2.41. The van der Waals surface area contributed by atoms with Gasteiger partial charge in [0, 0.05) is 37.4 Å². The Morgan fingerprint density at radius 3 is 2.83 bits per heavy atom. The van der Waals surface area contributed by atoms with Crippen LogP contribution in [-0.2, 0) is 14.1 Å². The molecule has 0 aromatic rings. The summed E-state index contributed by atoms with van der Waals surface area (Å²) < 4.78 is 9.30. The van der Waals surface area contributed by atoms with Crippen LogP contribution in [0, 0.1) is 0 Å². The van der Waals surface area contributed by atoms with Crippen LogP contribution in [0.1, 0.15) is 0 Å². The van der Waals surface area contributed by atoms with E-state index in [1.165, 1.54) is 0 Å². The number of hydrogen-bond acceptors (Lipinski definition) is 6. The Balaban J connectivity index is 1.91. The van der Waals surface area contributed by atoms with Gasteiger partial charge in [0.15, 0.2) is 0 Å². The van der Waals surface area contributed by atoms with E-state index in [1.807, 2.05) is 0 Å². The molecule has 1 aliphatic heterocycles. The summed E-state index contributed by atoms with van der Waals surface area (Å²) >= 11 is 1.03. The van der Waals surface area contributed by atoms with Crippen LogP contribution in [-0.4, -0.2) is 43.5 Å². The largest absolute Gasteiger partial charge is 0.691 e. The first-order valence-electron chi connectivity index (χ1n) is 3.81. The lowest BCUT2D eigenvalue weighted by molar-refractivity contribution is -0.777. The Morgan fingerprint density at radius 2 is 2.17 bits per heavy atom. The molecule has 0 aliphatic carbocycles. The minimum Gasteiger partial charge on any atom is -0.691 e. The molecule has 72 valence electrons. The first kappa shape index (κ1) is 10.2. The molecule has 1 aliphatic rings. The lowest BCUT2D eigenvalue weighted by Crippen LogP contribution is -2.37. The van der Waals surface area contributed by atoms with E-state index in [9.17, 15) is 5.26 Å². The number of ether oxygens (including phenoxy) is 1. The second kappa shape index (κ2) is 6.64. The lowest BCUT2D eigenvalue weighted by atomic mass is 10.4. The van der Waals surface area contributed by atoms with Crippen molar-refractivity contribution in [3.05, 3.63) is 0 Å². The molecule has 5 nitrogen and oxygen atoms in total. The van der Waals surface area contributed by atoms with Gasteiger partial charge in [-0.1, -0.05) is 0 Å². The van der Waals surface area contributed by atoms with Gasteiger partial charge in [0.1, 0.15) is 0 Å². The number of hydrogen-bond donors (Lipinski definition) is 0. The Morgan fingerprint density at radius 1 is 1.42 bits per heavy atom. The van der Waals surface area contributed by atoms with Crippen LogP contribution in [0.15, 0.2) is 0 Å². The van der Waals surface area contributed by atoms with Gasteiger partial charge in [-0.05, 0) is 0 Å². The molecule has 0 atom stereocenters. The third-order valence-electron chi connectivity index (χ3n) is 1.67. The molecule has 1 fully saturated rings. The van der Waals surface area contributed by atoms with Crippen LogP contribution in [0.2, 0.25) is 0 Å². The highest BCUT2D eigenvalue weighted by Gasteiger charge is 2.09. The van der Waals surface area contributed by atoms with Crippen molar-refractivity contribution in [3.63, 3.8) is 0 Å². The van der Waals surface area contributed by atoms with Gasteiger partial charge < -0.3 is 9.99 Å². The molecule has 0 aromatic carbocycles. The molecular weight excluding hydrogens is 182 g/mol.